The molecular formula is C19H15ClFNO4. The van der Waals surface area contributed by atoms with Crippen LogP contribution in [0.4, 0.5) is 4.39 Å². The van der Waals surface area contributed by atoms with Crippen molar-refractivity contribution >= 4 is 23.5 Å². The number of rotatable bonds is 2. The zero-order chi connectivity index (χ0) is 18.6. The highest BCUT2D eigenvalue weighted by atomic mass is 35.5. The fourth-order valence-electron chi connectivity index (χ4n) is 3.36. The predicted molar refractivity (Wildman–Crippen MR) is 91.8 cm³/mol. The van der Waals surface area contributed by atoms with E-state index in [1.54, 1.807) is 32.0 Å². The van der Waals surface area contributed by atoms with Gasteiger partial charge in [0.1, 0.15) is 22.9 Å². The van der Waals surface area contributed by atoms with Crippen LogP contribution in [-0.4, -0.2) is 17.5 Å². The fourth-order valence-corrected chi connectivity index (χ4v) is 3.54. The van der Waals surface area contributed by atoms with Gasteiger partial charge in [0.05, 0.1) is 22.2 Å². The monoisotopic (exact) mass is 375 g/mol. The van der Waals surface area contributed by atoms with Crippen LogP contribution in [-0.2, 0) is 14.3 Å². The van der Waals surface area contributed by atoms with Gasteiger partial charge in [-0.1, -0.05) is 11.6 Å². The molecule has 2 aliphatic rings. The Hall–Kier alpha value is -2.60. The Morgan fingerprint density at radius 3 is 2.73 bits per heavy atom. The molecule has 0 bridgehead atoms. The Morgan fingerprint density at radius 1 is 1.23 bits per heavy atom. The third-order valence-electron chi connectivity index (χ3n) is 4.62. The minimum absolute atomic E-state index is 0.0105. The second-order valence-corrected chi connectivity index (χ2v) is 7.23. The highest BCUT2D eigenvalue weighted by Crippen LogP contribution is 2.43. The first kappa shape index (κ1) is 16.8. The number of benzene rings is 1. The Balaban J connectivity index is 1.75. The fraction of sp³-hybridized carbons (Fsp3) is 0.263. The van der Waals surface area contributed by atoms with Gasteiger partial charge in [-0.3, -0.25) is 4.79 Å². The summed E-state index contributed by atoms with van der Waals surface area (Å²) in [5.74, 6) is -0.770. The molecule has 1 N–H and O–H groups in total. The lowest BCUT2D eigenvalue weighted by Crippen LogP contribution is -2.38. The molecule has 1 aromatic carbocycles. The molecule has 0 fully saturated rings. The highest BCUT2D eigenvalue weighted by Gasteiger charge is 2.48. The summed E-state index contributed by atoms with van der Waals surface area (Å²) in [7, 11) is 0. The van der Waals surface area contributed by atoms with Crippen molar-refractivity contribution in [3.8, 4) is 11.3 Å². The molecule has 26 heavy (non-hydrogen) atoms. The number of cyclic esters (lactones) is 1. The molecule has 1 aromatic heterocycles. The zero-order valence-electron chi connectivity index (χ0n) is 14.1. The number of nitrogens with one attached hydrogen (secondary N) is 1. The summed E-state index contributed by atoms with van der Waals surface area (Å²) in [6.07, 6.45) is 0.0845. The topological polar surface area (TPSA) is 68.5 Å². The van der Waals surface area contributed by atoms with Crippen LogP contribution in [0.2, 0.25) is 5.02 Å². The van der Waals surface area contributed by atoms with Crippen molar-refractivity contribution in [3.63, 3.8) is 0 Å². The molecule has 134 valence electrons. The predicted octanol–water partition coefficient (Wildman–Crippen LogP) is 3.93. The lowest BCUT2D eigenvalue weighted by molar-refractivity contribution is -0.144. The lowest BCUT2D eigenvalue weighted by atomic mass is 9.86. The molecule has 2 aliphatic heterocycles. The van der Waals surface area contributed by atoms with Gasteiger partial charge in [-0.15, -0.1) is 0 Å². The number of furan rings is 1. The van der Waals surface area contributed by atoms with Crippen molar-refractivity contribution < 1.29 is 23.1 Å². The molecule has 0 unspecified atom stereocenters. The van der Waals surface area contributed by atoms with Gasteiger partial charge in [0.2, 0.25) is 5.91 Å². The minimum atomic E-state index is -0.888. The zero-order valence-corrected chi connectivity index (χ0v) is 14.8. The molecule has 5 nitrogen and oxygen atoms in total. The SMILES string of the molecule is CC1(C)OC(=O)C2=C1NC(=O)C[C@H]2c1ccc(-c2ccc(F)c(Cl)c2)o1. The van der Waals surface area contributed by atoms with E-state index >= 15 is 0 Å². The molecule has 1 atom stereocenters. The summed E-state index contributed by atoms with van der Waals surface area (Å²) in [5, 5.41) is 2.73. The van der Waals surface area contributed by atoms with Gasteiger partial charge in [-0.25, -0.2) is 9.18 Å². The Morgan fingerprint density at radius 2 is 2.00 bits per heavy atom. The Bertz CT molecular complexity index is 976. The molecular weight excluding hydrogens is 361 g/mol. The van der Waals surface area contributed by atoms with Gasteiger partial charge in [0.25, 0.3) is 0 Å². The summed E-state index contributed by atoms with van der Waals surface area (Å²) in [4.78, 5) is 24.5. The van der Waals surface area contributed by atoms with Crippen molar-refractivity contribution in [2.24, 2.45) is 0 Å². The van der Waals surface area contributed by atoms with Crippen molar-refractivity contribution in [3.05, 3.63) is 58.2 Å². The maximum absolute atomic E-state index is 13.4. The quantitative estimate of drug-likeness (QED) is 0.807. The smallest absolute Gasteiger partial charge is 0.337 e. The first-order valence-corrected chi connectivity index (χ1v) is 8.47. The largest absolute Gasteiger partial charge is 0.460 e. The number of amides is 1. The number of hydrogen-bond acceptors (Lipinski definition) is 4. The molecule has 7 heteroatoms. The van der Waals surface area contributed by atoms with E-state index in [9.17, 15) is 14.0 Å². The van der Waals surface area contributed by atoms with E-state index in [2.05, 4.69) is 5.32 Å². The van der Waals surface area contributed by atoms with Gasteiger partial charge in [0, 0.05) is 12.0 Å². The first-order chi connectivity index (χ1) is 12.3. The molecule has 1 amide bonds. The minimum Gasteiger partial charge on any atom is -0.460 e. The maximum atomic E-state index is 13.4. The van der Waals surface area contributed by atoms with Crippen molar-refractivity contribution in [2.75, 3.05) is 0 Å². The summed E-state index contributed by atoms with van der Waals surface area (Å²) < 4.78 is 24.6. The summed E-state index contributed by atoms with van der Waals surface area (Å²) >= 11 is 5.82. The number of hydrogen-bond donors (Lipinski definition) is 1. The maximum Gasteiger partial charge on any atom is 0.337 e. The van der Waals surface area contributed by atoms with E-state index in [-0.39, 0.29) is 17.4 Å². The highest BCUT2D eigenvalue weighted by molar-refractivity contribution is 6.31. The number of esters is 1. The van der Waals surface area contributed by atoms with Crippen LogP contribution < -0.4 is 5.32 Å². The molecule has 2 aromatic rings. The van der Waals surface area contributed by atoms with Gasteiger partial charge < -0.3 is 14.5 Å². The second-order valence-electron chi connectivity index (χ2n) is 6.82. The van der Waals surface area contributed by atoms with Gasteiger partial charge in [-0.2, -0.15) is 0 Å². The lowest BCUT2D eigenvalue weighted by Gasteiger charge is -2.26. The molecule has 0 aliphatic carbocycles. The molecule has 0 saturated carbocycles. The van der Waals surface area contributed by atoms with E-state index in [4.69, 9.17) is 20.8 Å². The normalized spacial score (nSPS) is 21.5. The molecule has 0 radical (unpaired) electrons. The molecule has 4 rings (SSSR count). The third-order valence-corrected chi connectivity index (χ3v) is 4.91. The average Bonchev–Trinajstić information content (AvgIpc) is 3.13. The van der Waals surface area contributed by atoms with Crippen LogP contribution in [0.25, 0.3) is 11.3 Å². The van der Waals surface area contributed by atoms with Gasteiger partial charge in [0.15, 0.2) is 0 Å². The van der Waals surface area contributed by atoms with Crippen LogP contribution in [0.15, 0.2) is 46.0 Å². The molecule has 3 heterocycles. The number of carbonyl (C=O) groups excluding carboxylic acids is 2. The molecule has 0 saturated heterocycles. The van der Waals surface area contributed by atoms with Gasteiger partial charge >= 0.3 is 5.97 Å². The van der Waals surface area contributed by atoms with Crippen molar-refractivity contribution in [1.82, 2.24) is 5.32 Å². The van der Waals surface area contributed by atoms with E-state index in [0.29, 0.717) is 28.4 Å². The Kier molecular flexibility index (Phi) is 3.70. The summed E-state index contributed by atoms with van der Waals surface area (Å²) in [6, 6.07) is 7.68. The average molecular weight is 376 g/mol. The van der Waals surface area contributed by atoms with E-state index in [1.807, 2.05) is 0 Å². The Labute approximate surface area is 153 Å². The number of halogens is 2. The third kappa shape index (κ3) is 2.61. The standard InChI is InChI=1S/C19H15ClFNO4/c1-19(2)17-16(18(24)26-19)10(8-15(23)22-17)14-6-5-13(25-14)9-3-4-12(21)11(20)7-9/h3-7,10H,8H2,1-2H3,(H,22,23)/t10-/m0/s1. The number of ether oxygens (including phenoxy) is 1. The van der Waals surface area contributed by atoms with Crippen LogP contribution in [0, 0.1) is 5.82 Å². The van der Waals surface area contributed by atoms with Crippen molar-refractivity contribution in [1.29, 1.82) is 0 Å². The van der Waals surface area contributed by atoms with Crippen LogP contribution in [0.5, 0.6) is 0 Å². The van der Waals surface area contributed by atoms with Crippen LogP contribution in [0.1, 0.15) is 31.9 Å². The van der Waals surface area contributed by atoms with E-state index in [0.717, 1.165) is 0 Å². The first-order valence-electron chi connectivity index (χ1n) is 8.09. The molecule has 0 spiro atoms. The second kappa shape index (κ2) is 5.71. The van der Waals surface area contributed by atoms with Gasteiger partial charge in [-0.05, 0) is 44.2 Å². The van der Waals surface area contributed by atoms with Crippen molar-refractivity contribution in [2.45, 2.75) is 31.8 Å². The van der Waals surface area contributed by atoms with Crippen LogP contribution in [0.3, 0.4) is 0 Å². The van der Waals surface area contributed by atoms with Crippen LogP contribution >= 0.6 is 11.6 Å². The summed E-state index contributed by atoms with van der Waals surface area (Å²) in [5.41, 5.74) is 0.603. The van der Waals surface area contributed by atoms with E-state index in [1.165, 1.54) is 12.1 Å². The number of carbonyl (C=O) groups is 2. The van der Waals surface area contributed by atoms with E-state index < -0.39 is 23.3 Å². The summed E-state index contributed by atoms with van der Waals surface area (Å²) in [6.45, 7) is 3.45.